The van der Waals surface area contributed by atoms with E-state index in [0.717, 1.165) is 43.9 Å². The van der Waals surface area contributed by atoms with Gasteiger partial charge in [0.05, 0.1) is 11.4 Å². The molecule has 6 nitrogen and oxygen atoms in total. The number of benzene rings is 1. The Morgan fingerprint density at radius 1 is 0.971 bits per heavy atom. The summed E-state index contributed by atoms with van der Waals surface area (Å²) in [5.41, 5.74) is 4.08. The fraction of sp³-hybridized carbons (Fsp3) is 0.464. The molecule has 6 heteroatoms. The molecule has 0 saturated carbocycles. The van der Waals surface area contributed by atoms with E-state index in [9.17, 15) is 4.79 Å². The van der Waals surface area contributed by atoms with Crippen LogP contribution in [0.25, 0.3) is 10.8 Å². The van der Waals surface area contributed by atoms with Crippen LogP contribution in [0.5, 0.6) is 0 Å². The van der Waals surface area contributed by atoms with E-state index in [-0.39, 0.29) is 6.09 Å². The van der Waals surface area contributed by atoms with Gasteiger partial charge in [0.25, 0.3) is 0 Å². The zero-order valence-corrected chi connectivity index (χ0v) is 21.5. The van der Waals surface area contributed by atoms with Crippen LogP contribution in [0.3, 0.4) is 0 Å². The quantitative estimate of drug-likeness (QED) is 0.371. The monoisotopic (exact) mass is 462 g/mol. The predicted octanol–water partition coefficient (Wildman–Crippen LogP) is 5.90. The Labute approximate surface area is 204 Å². The first-order valence-corrected chi connectivity index (χ1v) is 12.0. The number of unbranched alkanes of at least 4 members (excludes halogenated alkanes) is 1. The first kappa shape index (κ1) is 25.6. The largest absolute Gasteiger partial charge is 0.444 e. The number of rotatable bonds is 9. The van der Waals surface area contributed by atoms with Gasteiger partial charge in [0, 0.05) is 44.5 Å². The molecule has 2 aromatic heterocycles. The van der Waals surface area contributed by atoms with Crippen LogP contribution in [0.2, 0.25) is 0 Å². The number of ether oxygens (including phenoxy) is 1. The molecule has 0 unspecified atom stereocenters. The van der Waals surface area contributed by atoms with E-state index in [2.05, 4.69) is 55.1 Å². The molecule has 2 heterocycles. The number of carbonyl (C=O) groups excluding carboxylic acids is 1. The summed E-state index contributed by atoms with van der Waals surface area (Å²) in [5.74, 6) is 0. The van der Waals surface area contributed by atoms with Gasteiger partial charge in [-0.1, -0.05) is 30.3 Å². The first-order chi connectivity index (χ1) is 16.1. The summed E-state index contributed by atoms with van der Waals surface area (Å²) >= 11 is 0. The van der Waals surface area contributed by atoms with Gasteiger partial charge in [-0.25, -0.2) is 4.79 Å². The summed E-state index contributed by atoms with van der Waals surface area (Å²) in [7, 11) is 1.80. The number of fused-ring (bicyclic) bond motifs is 1. The molecule has 3 aromatic rings. The van der Waals surface area contributed by atoms with Crippen LogP contribution in [0.15, 0.2) is 48.8 Å². The zero-order valence-electron chi connectivity index (χ0n) is 21.5. The highest BCUT2D eigenvalue weighted by molar-refractivity contribution is 5.84. The van der Waals surface area contributed by atoms with E-state index < -0.39 is 5.60 Å². The molecule has 34 heavy (non-hydrogen) atoms. The minimum absolute atomic E-state index is 0.274. The average Bonchev–Trinajstić information content (AvgIpc) is 2.77. The Kier molecular flexibility index (Phi) is 8.61. The van der Waals surface area contributed by atoms with Crippen LogP contribution in [0.1, 0.15) is 56.1 Å². The van der Waals surface area contributed by atoms with Crippen molar-refractivity contribution >= 4 is 16.9 Å². The smallest absolute Gasteiger partial charge is 0.410 e. The lowest BCUT2D eigenvalue weighted by Gasteiger charge is -2.26. The van der Waals surface area contributed by atoms with Gasteiger partial charge in [0.1, 0.15) is 5.60 Å². The molecule has 0 spiro atoms. The lowest BCUT2D eigenvalue weighted by atomic mass is 10.1. The van der Waals surface area contributed by atoms with Gasteiger partial charge in [-0.3, -0.25) is 14.9 Å². The molecule has 0 bridgehead atoms. The highest BCUT2D eigenvalue weighted by atomic mass is 16.6. The maximum Gasteiger partial charge on any atom is 0.410 e. The van der Waals surface area contributed by atoms with Gasteiger partial charge < -0.3 is 9.64 Å². The van der Waals surface area contributed by atoms with Crippen molar-refractivity contribution < 1.29 is 9.53 Å². The number of hydrogen-bond donors (Lipinski definition) is 0. The highest BCUT2D eigenvalue weighted by Gasteiger charge is 2.19. The van der Waals surface area contributed by atoms with E-state index in [1.54, 1.807) is 11.9 Å². The maximum absolute atomic E-state index is 12.2. The van der Waals surface area contributed by atoms with Crippen molar-refractivity contribution in [2.75, 3.05) is 20.1 Å². The third kappa shape index (κ3) is 7.52. The number of amides is 1. The van der Waals surface area contributed by atoms with Crippen LogP contribution in [-0.4, -0.2) is 51.6 Å². The molecule has 1 aromatic carbocycles. The molecular weight excluding hydrogens is 424 g/mol. The van der Waals surface area contributed by atoms with Crippen molar-refractivity contribution in [1.82, 2.24) is 19.8 Å². The SMILES string of the molecule is Cc1cnc(CN(CCCCN(C)C(=O)OC(C)(C)C)Cc2nccc3ccccc23)c(C)c1. The molecular formula is C28H38N4O2. The van der Waals surface area contributed by atoms with Crippen molar-refractivity contribution in [2.45, 2.75) is 66.2 Å². The van der Waals surface area contributed by atoms with Gasteiger partial charge in [-0.05, 0) is 76.6 Å². The summed E-state index contributed by atoms with van der Waals surface area (Å²) in [6, 6.07) is 12.6. The van der Waals surface area contributed by atoms with Crippen molar-refractivity contribution in [2.24, 2.45) is 0 Å². The van der Waals surface area contributed by atoms with Crippen LogP contribution in [0, 0.1) is 13.8 Å². The fourth-order valence-electron chi connectivity index (χ4n) is 3.97. The van der Waals surface area contributed by atoms with E-state index in [4.69, 9.17) is 14.7 Å². The summed E-state index contributed by atoms with van der Waals surface area (Å²) in [4.78, 5) is 25.7. The van der Waals surface area contributed by atoms with Gasteiger partial charge in [-0.15, -0.1) is 0 Å². The topological polar surface area (TPSA) is 58.6 Å². The second-order valence-corrected chi connectivity index (χ2v) is 10.1. The summed E-state index contributed by atoms with van der Waals surface area (Å²) in [5, 5.41) is 2.39. The second kappa shape index (κ2) is 11.4. The van der Waals surface area contributed by atoms with E-state index >= 15 is 0 Å². The molecule has 0 fully saturated rings. The second-order valence-electron chi connectivity index (χ2n) is 10.1. The number of carbonyl (C=O) groups is 1. The van der Waals surface area contributed by atoms with E-state index in [0.29, 0.717) is 6.54 Å². The van der Waals surface area contributed by atoms with E-state index in [1.807, 2.05) is 33.2 Å². The van der Waals surface area contributed by atoms with Crippen molar-refractivity contribution in [3.8, 4) is 0 Å². The van der Waals surface area contributed by atoms with Crippen LogP contribution in [0.4, 0.5) is 4.79 Å². The molecule has 0 aliphatic carbocycles. The lowest BCUT2D eigenvalue weighted by Crippen LogP contribution is -2.35. The molecule has 0 N–H and O–H groups in total. The number of aromatic nitrogens is 2. The number of hydrogen-bond acceptors (Lipinski definition) is 5. The molecule has 0 atom stereocenters. The minimum atomic E-state index is -0.480. The van der Waals surface area contributed by atoms with Crippen molar-refractivity contribution in [1.29, 1.82) is 0 Å². The normalized spacial score (nSPS) is 11.7. The highest BCUT2D eigenvalue weighted by Crippen LogP contribution is 2.20. The van der Waals surface area contributed by atoms with Crippen molar-refractivity contribution in [3.63, 3.8) is 0 Å². The number of aryl methyl sites for hydroxylation is 2. The summed E-state index contributed by atoms with van der Waals surface area (Å²) in [6.45, 7) is 12.9. The average molecular weight is 463 g/mol. The Bertz CT molecular complexity index is 1100. The first-order valence-electron chi connectivity index (χ1n) is 12.0. The van der Waals surface area contributed by atoms with E-state index in [1.165, 1.54) is 21.9 Å². The molecule has 0 radical (unpaired) electrons. The van der Waals surface area contributed by atoms with Crippen molar-refractivity contribution in [3.05, 3.63) is 71.3 Å². The minimum Gasteiger partial charge on any atom is -0.444 e. The Morgan fingerprint density at radius 3 is 2.41 bits per heavy atom. The Morgan fingerprint density at radius 2 is 1.68 bits per heavy atom. The third-order valence-corrected chi connectivity index (χ3v) is 5.75. The van der Waals surface area contributed by atoms with Gasteiger partial charge in [-0.2, -0.15) is 0 Å². The summed E-state index contributed by atoms with van der Waals surface area (Å²) in [6.07, 6.45) is 5.41. The summed E-state index contributed by atoms with van der Waals surface area (Å²) < 4.78 is 5.46. The maximum atomic E-state index is 12.2. The molecule has 0 aliphatic rings. The molecule has 182 valence electrons. The number of nitrogens with zero attached hydrogens (tertiary/aromatic N) is 4. The Hall–Kier alpha value is -2.99. The Balaban J connectivity index is 1.67. The van der Waals surface area contributed by atoms with Crippen LogP contribution in [-0.2, 0) is 17.8 Å². The van der Waals surface area contributed by atoms with Gasteiger partial charge in [0.15, 0.2) is 0 Å². The molecule has 0 aliphatic heterocycles. The molecule has 0 saturated heterocycles. The third-order valence-electron chi connectivity index (χ3n) is 5.75. The van der Waals surface area contributed by atoms with Crippen LogP contribution < -0.4 is 0 Å². The fourth-order valence-corrected chi connectivity index (χ4v) is 3.97. The number of pyridine rings is 2. The zero-order chi connectivity index (χ0) is 24.7. The molecule has 1 amide bonds. The molecule has 3 rings (SSSR count). The predicted molar refractivity (Wildman–Crippen MR) is 138 cm³/mol. The van der Waals surface area contributed by atoms with Gasteiger partial charge in [0.2, 0.25) is 0 Å². The van der Waals surface area contributed by atoms with Gasteiger partial charge >= 0.3 is 6.09 Å². The lowest BCUT2D eigenvalue weighted by molar-refractivity contribution is 0.0295. The van der Waals surface area contributed by atoms with Crippen LogP contribution >= 0.6 is 0 Å². The standard InChI is InChI=1S/C28H38N4O2/c1-21-17-22(2)25(30-18-21)19-32(16-10-9-15-31(6)27(33)34-28(3,4)5)20-26-24-12-8-7-11-23(24)13-14-29-26/h7-8,11-14,17-18H,9-10,15-16,19-20H2,1-6H3.